The van der Waals surface area contributed by atoms with Crippen LogP contribution in [-0.2, 0) is 12.8 Å². The van der Waals surface area contributed by atoms with Gasteiger partial charge in [-0.25, -0.2) is 0 Å². The second-order valence-electron chi connectivity index (χ2n) is 8.52. The smallest absolute Gasteiger partial charge is 0.0994 e. The minimum absolute atomic E-state index is 0.199. The van der Waals surface area contributed by atoms with Crippen molar-refractivity contribution in [1.82, 2.24) is 4.57 Å². The molecule has 1 heterocycles. The van der Waals surface area contributed by atoms with E-state index in [9.17, 15) is 10.4 Å². The molecule has 3 nitrogen and oxygen atoms in total. The zero-order valence-electron chi connectivity index (χ0n) is 16.4. The summed E-state index contributed by atoms with van der Waals surface area (Å²) in [4.78, 5) is 0. The molecule has 2 aliphatic carbocycles. The highest BCUT2D eigenvalue weighted by Crippen LogP contribution is 2.41. The monoisotopic (exact) mass is 370 g/mol. The Kier molecular flexibility index (Phi) is 4.25. The van der Waals surface area contributed by atoms with Crippen molar-refractivity contribution in [3.8, 4) is 17.2 Å². The fraction of sp³-hybridized carbons (Fsp3) is 0.400. The third kappa shape index (κ3) is 2.75. The second-order valence-corrected chi connectivity index (χ2v) is 8.52. The third-order valence-electron chi connectivity index (χ3n) is 6.76. The van der Waals surface area contributed by atoms with Gasteiger partial charge in [0.1, 0.15) is 0 Å². The number of nitrogens with zero attached hydrogens (tertiary/aromatic N) is 2. The van der Waals surface area contributed by atoms with Gasteiger partial charge in [0.2, 0.25) is 0 Å². The van der Waals surface area contributed by atoms with Gasteiger partial charge in [0, 0.05) is 28.7 Å². The van der Waals surface area contributed by atoms with Crippen LogP contribution in [-0.4, -0.2) is 15.8 Å². The van der Waals surface area contributed by atoms with Crippen LogP contribution in [0.4, 0.5) is 0 Å². The fourth-order valence-electron chi connectivity index (χ4n) is 5.26. The van der Waals surface area contributed by atoms with Crippen molar-refractivity contribution in [2.24, 2.45) is 0 Å². The zero-order valence-corrected chi connectivity index (χ0v) is 16.4. The topological polar surface area (TPSA) is 49.0 Å². The molecule has 0 radical (unpaired) electrons. The predicted octanol–water partition coefficient (Wildman–Crippen LogP) is 5.45. The minimum atomic E-state index is -0.199. The molecule has 1 N–H and O–H groups in total. The lowest BCUT2D eigenvalue weighted by atomic mass is 9.86. The summed E-state index contributed by atoms with van der Waals surface area (Å²) < 4.78 is 2.37. The van der Waals surface area contributed by atoms with E-state index in [0.717, 1.165) is 36.8 Å². The van der Waals surface area contributed by atoms with E-state index in [1.807, 2.05) is 6.92 Å². The van der Waals surface area contributed by atoms with E-state index in [1.54, 1.807) is 0 Å². The number of fused-ring (bicyclic) bond motifs is 2. The van der Waals surface area contributed by atoms with E-state index in [1.165, 1.54) is 52.4 Å². The Labute approximate surface area is 166 Å². The fourth-order valence-corrected chi connectivity index (χ4v) is 5.26. The van der Waals surface area contributed by atoms with E-state index in [0.29, 0.717) is 6.04 Å². The lowest BCUT2D eigenvalue weighted by Crippen LogP contribution is -2.06. The molecule has 2 aliphatic rings. The van der Waals surface area contributed by atoms with Gasteiger partial charge in [-0.3, -0.25) is 0 Å². The van der Waals surface area contributed by atoms with Crippen LogP contribution in [0.5, 0.6) is 0 Å². The summed E-state index contributed by atoms with van der Waals surface area (Å²) in [6.07, 6.45) is 9.61. The van der Waals surface area contributed by atoms with Crippen molar-refractivity contribution in [1.29, 1.82) is 5.26 Å². The molecule has 0 spiro atoms. The molecule has 28 heavy (non-hydrogen) atoms. The van der Waals surface area contributed by atoms with Crippen LogP contribution in [0.25, 0.3) is 22.0 Å². The Bertz CT molecular complexity index is 1100. The van der Waals surface area contributed by atoms with Gasteiger partial charge in [-0.2, -0.15) is 5.26 Å². The van der Waals surface area contributed by atoms with Crippen LogP contribution >= 0.6 is 0 Å². The normalized spacial score (nSPS) is 21.6. The third-order valence-corrected chi connectivity index (χ3v) is 6.76. The molecule has 0 aliphatic heterocycles. The molecular formula is C25H26N2O. The molecule has 0 unspecified atom stereocenters. The van der Waals surface area contributed by atoms with Gasteiger partial charge >= 0.3 is 0 Å². The SMILES string of the molecule is Cc1cc2c(cc1C#N)c(-c1cccc3c1CCCC3)cn2[C@@H]1CC[C@@H](O)C1. The molecule has 1 fully saturated rings. The quantitative estimate of drug-likeness (QED) is 0.652. The van der Waals surface area contributed by atoms with Gasteiger partial charge in [-0.05, 0) is 86.3 Å². The highest BCUT2D eigenvalue weighted by Gasteiger charge is 2.27. The molecule has 2 atom stereocenters. The van der Waals surface area contributed by atoms with E-state index in [2.05, 4.69) is 47.2 Å². The average Bonchev–Trinajstić information content (AvgIpc) is 3.30. The van der Waals surface area contributed by atoms with Crippen LogP contribution in [0.1, 0.15) is 60.4 Å². The summed E-state index contributed by atoms with van der Waals surface area (Å²) in [5.74, 6) is 0. The number of benzene rings is 2. The number of nitriles is 1. The lowest BCUT2D eigenvalue weighted by Gasteiger charge is -2.19. The number of hydrogen-bond donors (Lipinski definition) is 1. The number of hydrogen-bond acceptors (Lipinski definition) is 2. The minimum Gasteiger partial charge on any atom is -0.393 e. The van der Waals surface area contributed by atoms with Crippen molar-refractivity contribution in [2.75, 3.05) is 0 Å². The first-order valence-corrected chi connectivity index (χ1v) is 10.5. The number of aromatic nitrogens is 1. The van der Waals surface area contributed by atoms with Crippen LogP contribution in [0.2, 0.25) is 0 Å². The Morgan fingerprint density at radius 3 is 2.75 bits per heavy atom. The first kappa shape index (κ1) is 17.5. The molecule has 3 heteroatoms. The molecular weight excluding hydrogens is 344 g/mol. The molecule has 0 bridgehead atoms. The van der Waals surface area contributed by atoms with E-state index < -0.39 is 0 Å². The van der Waals surface area contributed by atoms with Crippen molar-refractivity contribution < 1.29 is 5.11 Å². The largest absolute Gasteiger partial charge is 0.393 e. The molecule has 3 aromatic rings. The highest BCUT2D eigenvalue weighted by molar-refractivity contribution is 5.98. The Morgan fingerprint density at radius 2 is 1.96 bits per heavy atom. The highest BCUT2D eigenvalue weighted by atomic mass is 16.3. The van der Waals surface area contributed by atoms with Gasteiger partial charge in [0.05, 0.1) is 17.7 Å². The first-order chi connectivity index (χ1) is 13.7. The summed E-state index contributed by atoms with van der Waals surface area (Å²) in [5, 5.41) is 20.9. The maximum atomic E-state index is 10.1. The Hall–Kier alpha value is -2.57. The number of rotatable bonds is 2. The molecule has 2 aromatic carbocycles. The van der Waals surface area contributed by atoms with Crippen molar-refractivity contribution in [2.45, 2.75) is 64.0 Å². The molecule has 142 valence electrons. The average molecular weight is 370 g/mol. The molecule has 0 amide bonds. The predicted molar refractivity (Wildman–Crippen MR) is 112 cm³/mol. The standard InChI is InChI=1S/C25H26N2O/c1-16-11-25-23(12-18(16)14-26)24(15-27(25)19-9-10-20(28)13-19)22-8-4-6-17-5-2-3-7-21(17)22/h4,6,8,11-12,15,19-20,28H,2-3,5,7,9-10,13H2,1H3/t19-,20-/m1/s1. The van der Waals surface area contributed by atoms with Crippen LogP contribution in [0.15, 0.2) is 36.5 Å². The summed E-state index contributed by atoms with van der Waals surface area (Å²) in [6.45, 7) is 2.02. The van der Waals surface area contributed by atoms with Gasteiger partial charge in [-0.15, -0.1) is 0 Å². The van der Waals surface area contributed by atoms with Gasteiger partial charge in [-0.1, -0.05) is 18.2 Å². The van der Waals surface area contributed by atoms with E-state index in [4.69, 9.17) is 0 Å². The Morgan fingerprint density at radius 1 is 1.11 bits per heavy atom. The van der Waals surface area contributed by atoms with E-state index in [-0.39, 0.29) is 6.10 Å². The maximum absolute atomic E-state index is 10.1. The van der Waals surface area contributed by atoms with Crippen molar-refractivity contribution in [3.63, 3.8) is 0 Å². The molecule has 1 saturated carbocycles. The summed E-state index contributed by atoms with van der Waals surface area (Å²) >= 11 is 0. The summed E-state index contributed by atoms with van der Waals surface area (Å²) in [6, 6.07) is 13.6. The van der Waals surface area contributed by atoms with E-state index >= 15 is 0 Å². The molecule has 5 rings (SSSR count). The van der Waals surface area contributed by atoms with Gasteiger partial charge < -0.3 is 9.67 Å². The van der Waals surface area contributed by atoms with Crippen molar-refractivity contribution >= 4 is 10.9 Å². The summed E-state index contributed by atoms with van der Waals surface area (Å²) in [5.41, 5.74) is 8.50. The zero-order chi connectivity index (χ0) is 19.3. The van der Waals surface area contributed by atoms with Gasteiger partial charge in [0.15, 0.2) is 0 Å². The first-order valence-electron chi connectivity index (χ1n) is 10.5. The number of aliphatic hydroxyl groups excluding tert-OH is 1. The second kappa shape index (κ2) is 6.79. The van der Waals surface area contributed by atoms with Crippen LogP contribution < -0.4 is 0 Å². The lowest BCUT2D eigenvalue weighted by molar-refractivity contribution is 0.178. The number of aryl methyl sites for hydroxylation is 2. The maximum Gasteiger partial charge on any atom is 0.0994 e. The van der Waals surface area contributed by atoms with Crippen LogP contribution in [0.3, 0.4) is 0 Å². The summed E-state index contributed by atoms with van der Waals surface area (Å²) in [7, 11) is 0. The van der Waals surface area contributed by atoms with Crippen molar-refractivity contribution in [3.05, 3.63) is 58.8 Å². The molecule has 1 aromatic heterocycles. The Balaban J connectivity index is 1.76. The van der Waals surface area contributed by atoms with Crippen LogP contribution in [0, 0.1) is 18.3 Å². The number of aliphatic hydroxyl groups is 1. The van der Waals surface area contributed by atoms with Gasteiger partial charge in [0.25, 0.3) is 0 Å². The molecule has 0 saturated heterocycles.